The summed E-state index contributed by atoms with van der Waals surface area (Å²) in [6, 6.07) is 0. The molecule has 15 heavy (non-hydrogen) atoms. The van der Waals surface area contributed by atoms with Crippen LogP contribution < -0.4 is 0 Å². The molecule has 1 atom stereocenters. The van der Waals surface area contributed by atoms with Crippen LogP contribution in [0.2, 0.25) is 0 Å². The molecular weight excluding hydrogens is 218 g/mol. The number of hydrogen-bond donors (Lipinski definition) is 0. The maximum atomic E-state index is 5.96. The predicted octanol–water partition coefficient (Wildman–Crippen LogP) is 1.32. The van der Waals surface area contributed by atoms with Crippen molar-refractivity contribution in [1.82, 2.24) is 25.1 Å². The maximum absolute atomic E-state index is 5.96. The van der Waals surface area contributed by atoms with Crippen LogP contribution in [-0.2, 0) is 6.54 Å². The standard InChI is InChI=1S/C8H10ClN5O/c1-5(9)7-3-10-13-14(7)4-8-11-6(2)15-12-8/h3,5H,4H2,1-2H3. The van der Waals surface area contributed by atoms with Crippen molar-refractivity contribution in [3.8, 4) is 0 Å². The summed E-state index contributed by atoms with van der Waals surface area (Å²) in [6.07, 6.45) is 1.63. The van der Waals surface area contributed by atoms with Crippen LogP contribution >= 0.6 is 11.6 Å². The Bertz CT molecular complexity index is 449. The monoisotopic (exact) mass is 227 g/mol. The Morgan fingerprint density at radius 2 is 2.40 bits per heavy atom. The van der Waals surface area contributed by atoms with E-state index in [9.17, 15) is 0 Å². The van der Waals surface area contributed by atoms with E-state index in [0.717, 1.165) is 5.69 Å². The highest BCUT2D eigenvalue weighted by molar-refractivity contribution is 6.20. The fourth-order valence-corrected chi connectivity index (χ4v) is 1.41. The van der Waals surface area contributed by atoms with Crippen LogP contribution in [0, 0.1) is 6.92 Å². The molecule has 0 radical (unpaired) electrons. The lowest BCUT2D eigenvalue weighted by Crippen LogP contribution is -2.08. The minimum Gasteiger partial charge on any atom is -0.340 e. The molecule has 0 amide bonds. The van der Waals surface area contributed by atoms with Crippen molar-refractivity contribution in [3.05, 3.63) is 23.6 Å². The van der Waals surface area contributed by atoms with Crippen LogP contribution in [0.1, 0.15) is 29.7 Å². The van der Waals surface area contributed by atoms with Crippen molar-refractivity contribution < 1.29 is 4.52 Å². The van der Waals surface area contributed by atoms with E-state index in [1.54, 1.807) is 17.8 Å². The Morgan fingerprint density at radius 3 is 3.00 bits per heavy atom. The van der Waals surface area contributed by atoms with E-state index in [4.69, 9.17) is 16.1 Å². The molecule has 0 aliphatic heterocycles. The second-order valence-corrected chi connectivity index (χ2v) is 3.82. The first-order valence-electron chi connectivity index (χ1n) is 4.48. The first-order valence-corrected chi connectivity index (χ1v) is 4.92. The number of halogens is 1. The number of alkyl halides is 1. The summed E-state index contributed by atoms with van der Waals surface area (Å²) in [4.78, 5) is 4.08. The third kappa shape index (κ3) is 2.15. The van der Waals surface area contributed by atoms with Crippen LogP contribution in [0.25, 0.3) is 0 Å². The molecule has 2 rings (SSSR count). The van der Waals surface area contributed by atoms with Crippen molar-refractivity contribution in [1.29, 1.82) is 0 Å². The van der Waals surface area contributed by atoms with E-state index < -0.39 is 0 Å². The molecule has 0 aliphatic carbocycles. The molecule has 7 heteroatoms. The number of hydrogen-bond acceptors (Lipinski definition) is 5. The van der Waals surface area contributed by atoms with Crippen molar-refractivity contribution in [2.75, 3.05) is 0 Å². The maximum Gasteiger partial charge on any atom is 0.223 e. The second-order valence-electron chi connectivity index (χ2n) is 3.16. The van der Waals surface area contributed by atoms with Gasteiger partial charge in [0.15, 0.2) is 5.82 Å². The second kappa shape index (κ2) is 3.98. The Hall–Kier alpha value is -1.43. The normalized spacial score (nSPS) is 13.0. The number of aryl methyl sites for hydroxylation is 1. The summed E-state index contributed by atoms with van der Waals surface area (Å²) in [5.41, 5.74) is 0.833. The predicted molar refractivity (Wildman–Crippen MR) is 52.4 cm³/mol. The molecule has 2 heterocycles. The zero-order valence-corrected chi connectivity index (χ0v) is 9.14. The Balaban J connectivity index is 2.20. The highest BCUT2D eigenvalue weighted by Gasteiger charge is 2.12. The van der Waals surface area contributed by atoms with Crippen molar-refractivity contribution >= 4 is 11.6 Å². The van der Waals surface area contributed by atoms with Gasteiger partial charge in [0.2, 0.25) is 5.89 Å². The first kappa shape index (κ1) is 10.1. The van der Waals surface area contributed by atoms with Gasteiger partial charge in [0, 0.05) is 6.92 Å². The molecule has 0 aromatic carbocycles. The average Bonchev–Trinajstić information content (AvgIpc) is 2.75. The topological polar surface area (TPSA) is 69.6 Å². The van der Waals surface area contributed by atoms with Gasteiger partial charge in [0.05, 0.1) is 17.3 Å². The number of aromatic nitrogens is 5. The number of nitrogens with zero attached hydrogens (tertiary/aromatic N) is 5. The lowest BCUT2D eigenvalue weighted by atomic mass is 10.3. The van der Waals surface area contributed by atoms with E-state index in [0.29, 0.717) is 18.3 Å². The van der Waals surface area contributed by atoms with Gasteiger partial charge in [-0.1, -0.05) is 10.4 Å². The van der Waals surface area contributed by atoms with Gasteiger partial charge in [-0.15, -0.1) is 16.7 Å². The molecule has 0 fully saturated rings. The van der Waals surface area contributed by atoms with E-state index in [1.165, 1.54) is 0 Å². The van der Waals surface area contributed by atoms with Crippen LogP contribution in [0.4, 0.5) is 0 Å². The quantitative estimate of drug-likeness (QED) is 0.740. The fraction of sp³-hybridized carbons (Fsp3) is 0.500. The molecular formula is C8H10ClN5O. The SMILES string of the molecule is Cc1nc(Cn2nncc2C(C)Cl)no1. The van der Waals surface area contributed by atoms with E-state index >= 15 is 0 Å². The van der Waals surface area contributed by atoms with E-state index in [-0.39, 0.29) is 5.38 Å². The average molecular weight is 228 g/mol. The zero-order valence-electron chi connectivity index (χ0n) is 8.38. The van der Waals surface area contributed by atoms with Crippen molar-refractivity contribution in [2.24, 2.45) is 0 Å². The molecule has 0 N–H and O–H groups in total. The first-order chi connectivity index (χ1) is 7.16. The molecule has 0 saturated heterocycles. The van der Waals surface area contributed by atoms with E-state index in [2.05, 4.69) is 20.5 Å². The molecule has 2 aromatic heterocycles. The summed E-state index contributed by atoms with van der Waals surface area (Å²) in [5, 5.41) is 11.3. The molecule has 80 valence electrons. The third-order valence-corrected chi connectivity index (χ3v) is 2.14. The van der Waals surface area contributed by atoms with E-state index in [1.807, 2.05) is 6.92 Å². The molecule has 2 aromatic rings. The lowest BCUT2D eigenvalue weighted by molar-refractivity contribution is 0.384. The largest absolute Gasteiger partial charge is 0.340 e. The van der Waals surface area contributed by atoms with Crippen LogP contribution in [0.3, 0.4) is 0 Å². The highest BCUT2D eigenvalue weighted by Crippen LogP contribution is 2.17. The van der Waals surface area contributed by atoms with Gasteiger partial charge in [-0.2, -0.15) is 4.98 Å². The van der Waals surface area contributed by atoms with Crippen molar-refractivity contribution in [2.45, 2.75) is 25.8 Å². The summed E-state index contributed by atoms with van der Waals surface area (Å²) in [6.45, 7) is 4.02. The Labute approximate surface area is 91.2 Å². The minimum atomic E-state index is -0.145. The number of rotatable bonds is 3. The van der Waals surface area contributed by atoms with Gasteiger partial charge in [-0.3, -0.25) is 0 Å². The van der Waals surface area contributed by atoms with Gasteiger partial charge in [0.1, 0.15) is 6.54 Å². The molecule has 0 spiro atoms. The smallest absolute Gasteiger partial charge is 0.223 e. The molecule has 0 bridgehead atoms. The molecule has 0 aliphatic rings. The molecule has 1 unspecified atom stereocenters. The van der Waals surface area contributed by atoms with Crippen LogP contribution in [-0.4, -0.2) is 25.1 Å². The van der Waals surface area contributed by atoms with Gasteiger partial charge in [-0.25, -0.2) is 4.68 Å². The van der Waals surface area contributed by atoms with Gasteiger partial charge >= 0.3 is 0 Å². The Morgan fingerprint density at radius 1 is 1.60 bits per heavy atom. The van der Waals surface area contributed by atoms with Crippen molar-refractivity contribution in [3.63, 3.8) is 0 Å². The zero-order chi connectivity index (χ0) is 10.8. The molecule has 6 nitrogen and oxygen atoms in total. The summed E-state index contributed by atoms with van der Waals surface area (Å²) in [5.74, 6) is 1.10. The summed E-state index contributed by atoms with van der Waals surface area (Å²) >= 11 is 5.96. The summed E-state index contributed by atoms with van der Waals surface area (Å²) in [7, 11) is 0. The van der Waals surface area contributed by atoms with Crippen LogP contribution in [0.15, 0.2) is 10.7 Å². The Kier molecular flexibility index (Phi) is 2.68. The fourth-order valence-electron chi connectivity index (χ4n) is 1.24. The highest BCUT2D eigenvalue weighted by atomic mass is 35.5. The van der Waals surface area contributed by atoms with Gasteiger partial charge in [0.25, 0.3) is 0 Å². The van der Waals surface area contributed by atoms with Crippen LogP contribution in [0.5, 0.6) is 0 Å². The van der Waals surface area contributed by atoms with Gasteiger partial charge in [-0.05, 0) is 6.92 Å². The van der Waals surface area contributed by atoms with Gasteiger partial charge < -0.3 is 4.52 Å². The minimum absolute atomic E-state index is 0.145. The molecule has 0 saturated carbocycles. The third-order valence-electron chi connectivity index (χ3n) is 1.92. The summed E-state index contributed by atoms with van der Waals surface area (Å²) < 4.78 is 6.51. The lowest BCUT2D eigenvalue weighted by Gasteiger charge is -2.03.